The van der Waals surface area contributed by atoms with Gasteiger partial charge in [-0.05, 0) is 26.3 Å². The van der Waals surface area contributed by atoms with E-state index in [0.717, 1.165) is 0 Å². The molecule has 0 aliphatic carbocycles. The van der Waals surface area contributed by atoms with Gasteiger partial charge in [0.25, 0.3) is 0 Å². The van der Waals surface area contributed by atoms with E-state index in [1.165, 1.54) is 6.92 Å². The van der Waals surface area contributed by atoms with Crippen molar-refractivity contribution in [3.63, 3.8) is 0 Å². The van der Waals surface area contributed by atoms with Crippen molar-refractivity contribution < 1.29 is 19.4 Å². The second kappa shape index (κ2) is 2.33. The van der Waals surface area contributed by atoms with Crippen molar-refractivity contribution in [3.05, 3.63) is 11.1 Å². The Hall–Kier alpha value is -1.32. The lowest BCUT2D eigenvalue weighted by molar-refractivity contribution is -0.165. The minimum atomic E-state index is -1.46. The largest absolute Gasteiger partial charge is 0.478 e. The summed E-state index contributed by atoms with van der Waals surface area (Å²) in [6.45, 7) is 4.53. The Morgan fingerprint density at radius 1 is 1.50 bits per heavy atom. The van der Waals surface area contributed by atoms with Crippen molar-refractivity contribution in [2.75, 3.05) is 0 Å². The summed E-state index contributed by atoms with van der Waals surface area (Å²) in [6.07, 6.45) is 0. The fraction of sp³-hybridized carbons (Fsp3) is 0.500. The lowest BCUT2D eigenvalue weighted by Crippen LogP contribution is -2.37. The van der Waals surface area contributed by atoms with Gasteiger partial charge in [-0.15, -0.1) is 0 Å². The van der Waals surface area contributed by atoms with Gasteiger partial charge in [0.15, 0.2) is 0 Å². The van der Waals surface area contributed by atoms with E-state index >= 15 is 0 Å². The van der Waals surface area contributed by atoms with E-state index in [1.54, 1.807) is 13.8 Å². The summed E-state index contributed by atoms with van der Waals surface area (Å²) >= 11 is 0. The number of aliphatic carboxylic acids is 1. The minimum Gasteiger partial charge on any atom is -0.478 e. The Kier molecular flexibility index (Phi) is 1.71. The van der Waals surface area contributed by atoms with Crippen LogP contribution in [0.25, 0.3) is 0 Å². The van der Waals surface area contributed by atoms with Gasteiger partial charge in [0.2, 0.25) is 5.60 Å². The molecule has 4 nitrogen and oxygen atoms in total. The zero-order valence-corrected chi connectivity index (χ0v) is 7.17. The highest BCUT2D eigenvalue weighted by Crippen LogP contribution is 2.31. The lowest BCUT2D eigenvalue weighted by atomic mass is 9.96. The Morgan fingerprint density at radius 3 is 2.17 bits per heavy atom. The van der Waals surface area contributed by atoms with E-state index in [-0.39, 0.29) is 0 Å². The molecule has 0 aromatic rings. The van der Waals surface area contributed by atoms with E-state index in [9.17, 15) is 9.59 Å². The minimum absolute atomic E-state index is 0.389. The highest BCUT2D eigenvalue weighted by atomic mass is 16.6. The van der Waals surface area contributed by atoms with Gasteiger partial charge < -0.3 is 9.84 Å². The van der Waals surface area contributed by atoms with Gasteiger partial charge in [0.05, 0.1) is 0 Å². The molecule has 1 aliphatic rings. The highest BCUT2D eigenvalue weighted by molar-refractivity contribution is 5.98. The number of hydrogen-bond acceptors (Lipinski definition) is 3. The molecular formula is C8H10O4. The number of esters is 1. The maximum atomic E-state index is 11.0. The van der Waals surface area contributed by atoms with E-state index < -0.39 is 17.5 Å². The normalized spacial score (nSPS) is 29.1. The number of cyclic esters (lactones) is 1. The van der Waals surface area contributed by atoms with Gasteiger partial charge in [-0.25, -0.2) is 9.59 Å². The van der Waals surface area contributed by atoms with Gasteiger partial charge in [0.1, 0.15) is 0 Å². The third-order valence-corrected chi connectivity index (χ3v) is 2.29. The number of ether oxygens (including phenoxy) is 1. The molecule has 0 saturated carbocycles. The van der Waals surface area contributed by atoms with Crippen LogP contribution in [0, 0.1) is 0 Å². The predicted octanol–water partition coefficient (Wildman–Crippen LogP) is 0.723. The summed E-state index contributed by atoms with van der Waals surface area (Å²) in [5, 5.41) is 8.77. The molecule has 0 fully saturated rings. The standard InChI is InChI=1S/C8H10O4/c1-4-5(2)8(3,7(10)11)12-6(4)9/h1-3H3,(H,10,11)/t8-/m1/s1. The Labute approximate surface area is 69.8 Å². The first-order valence-corrected chi connectivity index (χ1v) is 3.54. The van der Waals surface area contributed by atoms with E-state index in [4.69, 9.17) is 9.84 Å². The topological polar surface area (TPSA) is 63.6 Å². The molecule has 0 amide bonds. The van der Waals surface area contributed by atoms with Crippen LogP contribution in [0.1, 0.15) is 20.8 Å². The zero-order chi connectivity index (χ0) is 9.52. The van der Waals surface area contributed by atoms with Crippen LogP contribution in [0.2, 0.25) is 0 Å². The van der Waals surface area contributed by atoms with Crippen LogP contribution in [0.4, 0.5) is 0 Å². The number of carboxylic acid groups (broad SMARTS) is 1. The summed E-state index contributed by atoms with van der Waals surface area (Å²) in [5.41, 5.74) is -0.596. The molecule has 1 N–H and O–H groups in total. The maximum Gasteiger partial charge on any atom is 0.352 e. The molecule has 0 aromatic carbocycles. The van der Waals surface area contributed by atoms with Crippen molar-refractivity contribution in [2.24, 2.45) is 0 Å². The number of hydrogen-bond donors (Lipinski definition) is 1. The SMILES string of the molecule is CC1=C(C)[C@](C)(C(=O)O)OC1=O. The van der Waals surface area contributed by atoms with Crippen LogP contribution in [-0.4, -0.2) is 22.6 Å². The Bertz CT molecular complexity index is 289. The van der Waals surface area contributed by atoms with Crippen LogP contribution >= 0.6 is 0 Å². The third-order valence-electron chi connectivity index (χ3n) is 2.29. The summed E-state index contributed by atoms with van der Waals surface area (Å²) < 4.78 is 4.72. The lowest BCUT2D eigenvalue weighted by Gasteiger charge is -2.18. The van der Waals surface area contributed by atoms with E-state index in [1.807, 2.05) is 0 Å². The zero-order valence-electron chi connectivity index (χ0n) is 7.17. The Balaban J connectivity index is 3.17. The molecule has 0 saturated heterocycles. The average Bonchev–Trinajstić information content (AvgIpc) is 2.17. The molecule has 0 aromatic heterocycles. The first kappa shape index (κ1) is 8.77. The predicted molar refractivity (Wildman–Crippen MR) is 40.5 cm³/mol. The molecule has 1 heterocycles. The smallest absolute Gasteiger partial charge is 0.352 e. The van der Waals surface area contributed by atoms with Crippen molar-refractivity contribution in [1.82, 2.24) is 0 Å². The molecule has 0 unspecified atom stereocenters. The van der Waals surface area contributed by atoms with E-state index in [0.29, 0.717) is 11.1 Å². The molecule has 4 heteroatoms. The summed E-state index contributed by atoms with van der Waals surface area (Å²) in [6, 6.07) is 0. The van der Waals surface area contributed by atoms with Crippen molar-refractivity contribution >= 4 is 11.9 Å². The van der Waals surface area contributed by atoms with Crippen LogP contribution < -0.4 is 0 Å². The fourth-order valence-electron chi connectivity index (χ4n) is 1.05. The van der Waals surface area contributed by atoms with Crippen LogP contribution in [0.15, 0.2) is 11.1 Å². The molecule has 0 radical (unpaired) electrons. The highest BCUT2D eigenvalue weighted by Gasteiger charge is 2.46. The summed E-state index contributed by atoms with van der Waals surface area (Å²) in [4.78, 5) is 21.7. The van der Waals surface area contributed by atoms with Crippen LogP contribution in [0.5, 0.6) is 0 Å². The molecule has 1 atom stereocenters. The molecular weight excluding hydrogens is 160 g/mol. The molecule has 0 bridgehead atoms. The van der Waals surface area contributed by atoms with Crippen molar-refractivity contribution in [3.8, 4) is 0 Å². The molecule has 1 rings (SSSR count). The van der Waals surface area contributed by atoms with Crippen molar-refractivity contribution in [2.45, 2.75) is 26.4 Å². The van der Waals surface area contributed by atoms with Crippen LogP contribution in [-0.2, 0) is 14.3 Å². The molecule has 0 spiro atoms. The molecule has 1 aliphatic heterocycles. The number of rotatable bonds is 1. The second-order valence-electron chi connectivity index (χ2n) is 2.98. The first-order chi connectivity index (χ1) is 5.39. The third kappa shape index (κ3) is 0.913. The van der Waals surface area contributed by atoms with Crippen molar-refractivity contribution in [1.29, 1.82) is 0 Å². The van der Waals surface area contributed by atoms with E-state index in [2.05, 4.69) is 0 Å². The van der Waals surface area contributed by atoms with Gasteiger partial charge in [0, 0.05) is 5.57 Å². The number of carbonyl (C=O) groups is 2. The number of carbonyl (C=O) groups excluding carboxylic acids is 1. The first-order valence-electron chi connectivity index (χ1n) is 3.54. The Morgan fingerprint density at radius 2 is 2.00 bits per heavy atom. The monoisotopic (exact) mass is 170 g/mol. The molecule has 66 valence electrons. The van der Waals surface area contributed by atoms with Gasteiger partial charge in [-0.2, -0.15) is 0 Å². The van der Waals surface area contributed by atoms with Crippen LogP contribution in [0.3, 0.4) is 0 Å². The summed E-state index contributed by atoms with van der Waals surface area (Å²) in [5.74, 6) is -1.68. The molecule has 12 heavy (non-hydrogen) atoms. The van der Waals surface area contributed by atoms with Gasteiger partial charge >= 0.3 is 11.9 Å². The van der Waals surface area contributed by atoms with Gasteiger partial charge in [-0.3, -0.25) is 0 Å². The fourth-order valence-corrected chi connectivity index (χ4v) is 1.05. The average molecular weight is 170 g/mol. The van der Waals surface area contributed by atoms with Gasteiger partial charge in [-0.1, -0.05) is 0 Å². The second-order valence-corrected chi connectivity index (χ2v) is 2.98. The quantitative estimate of drug-likeness (QED) is 0.589. The summed E-state index contributed by atoms with van der Waals surface area (Å²) in [7, 11) is 0. The maximum absolute atomic E-state index is 11.0. The number of carboxylic acids is 1.